The second kappa shape index (κ2) is 7.39. The molecular weight excluding hydrogens is 362 g/mol. The van der Waals surface area contributed by atoms with Gasteiger partial charge >= 0.3 is 0 Å². The topological polar surface area (TPSA) is 114 Å². The zero-order valence-electron chi connectivity index (χ0n) is 15.5. The number of benzene rings is 3. The minimum absolute atomic E-state index is 0.0849. The van der Waals surface area contributed by atoms with Crippen molar-refractivity contribution in [1.82, 2.24) is 0 Å². The van der Waals surface area contributed by atoms with Crippen molar-refractivity contribution in [3.05, 3.63) is 74.3 Å². The highest BCUT2D eigenvalue weighted by Crippen LogP contribution is 2.37. The Labute approximate surface area is 160 Å². The molecule has 3 aromatic rings. The van der Waals surface area contributed by atoms with Crippen molar-refractivity contribution in [2.75, 3.05) is 19.0 Å². The molecule has 3 rings (SSSR count). The van der Waals surface area contributed by atoms with Crippen LogP contribution >= 0.6 is 0 Å². The lowest BCUT2D eigenvalue weighted by atomic mass is 10.1. The van der Waals surface area contributed by atoms with Gasteiger partial charge in [-0.3, -0.25) is 20.2 Å². The molecule has 142 valence electrons. The quantitative estimate of drug-likeness (QED) is 0.332. The van der Waals surface area contributed by atoms with Crippen molar-refractivity contribution < 1.29 is 9.85 Å². The van der Waals surface area contributed by atoms with Gasteiger partial charge in [0.2, 0.25) is 0 Å². The van der Waals surface area contributed by atoms with E-state index in [1.807, 2.05) is 49.3 Å². The zero-order valence-corrected chi connectivity index (χ0v) is 15.5. The van der Waals surface area contributed by atoms with Crippen LogP contribution in [0.3, 0.4) is 0 Å². The predicted molar refractivity (Wildman–Crippen MR) is 107 cm³/mol. The van der Waals surface area contributed by atoms with Crippen LogP contribution in [0, 0.1) is 27.2 Å². The van der Waals surface area contributed by atoms with Gasteiger partial charge in [0.25, 0.3) is 11.4 Å². The molecule has 0 aliphatic rings. The molecule has 0 heterocycles. The SMILES string of the molecule is Cc1c(N=Nc2ccc(N(C)C)c3ccccc23)cc([N+](=O)[O-])cc1[N+](=O)[O-]. The summed E-state index contributed by atoms with van der Waals surface area (Å²) in [6.07, 6.45) is 0. The average Bonchev–Trinajstić information content (AvgIpc) is 2.66. The lowest BCUT2D eigenvalue weighted by Crippen LogP contribution is -2.08. The predicted octanol–water partition coefficient (Wildman–Crippen LogP) is 5.45. The first-order valence-electron chi connectivity index (χ1n) is 8.34. The third-order valence-corrected chi connectivity index (χ3v) is 4.37. The first-order valence-corrected chi connectivity index (χ1v) is 8.34. The van der Waals surface area contributed by atoms with E-state index in [0.29, 0.717) is 5.69 Å². The van der Waals surface area contributed by atoms with Gasteiger partial charge in [-0.1, -0.05) is 24.3 Å². The molecule has 28 heavy (non-hydrogen) atoms. The van der Waals surface area contributed by atoms with Crippen LogP contribution in [0.15, 0.2) is 58.8 Å². The van der Waals surface area contributed by atoms with Gasteiger partial charge in [-0.15, -0.1) is 10.2 Å². The fraction of sp³-hybridized carbons (Fsp3) is 0.158. The van der Waals surface area contributed by atoms with E-state index in [1.54, 1.807) is 6.07 Å². The Kier molecular flexibility index (Phi) is 4.99. The first-order chi connectivity index (χ1) is 13.3. The number of hydrogen-bond donors (Lipinski definition) is 0. The Morgan fingerprint density at radius 2 is 1.50 bits per heavy atom. The number of rotatable bonds is 5. The summed E-state index contributed by atoms with van der Waals surface area (Å²) in [7, 11) is 3.88. The highest BCUT2D eigenvalue weighted by atomic mass is 16.6. The molecule has 0 atom stereocenters. The minimum Gasteiger partial charge on any atom is -0.377 e. The summed E-state index contributed by atoms with van der Waals surface area (Å²) in [5.41, 5.74) is 1.11. The van der Waals surface area contributed by atoms with Gasteiger partial charge in [-0.2, -0.15) is 0 Å². The molecule has 0 unspecified atom stereocenters. The van der Waals surface area contributed by atoms with Gasteiger partial charge in [0.1, 0.15) is 5.69 Å². The summed E-state index contributed by atoms with van der Waals surface area (Å²) in [6.45, 7) is 1.49. The maximum atomic E-state index is 11.2. The fourth-order valence-electron chi connectivity index (χ4n) is 2.92. The minimum atomic E-state index is -0.688. The van der Waals surface area contributed by atoms with Gasteiger partial charge in [0.05, 0.1) is 27.2 Å². The van der Waals surface area contributed by atoms with E-state index in [0.717, 1.165) is 22.5 Å². The van der Waals surface area contributed by atoms with Crippen LogP contribution in [0.25, 0.3) is 10.8 Å². The number of nitrogens with zero attached hydrogens (tertiary/aromatic N) is 5. The van der Waals surface area contributed by atoms with Crippen molar-refractivity contribution >= 4 is 39.2 Å². The third kappa shape index (κ3) is 3.50. The highest BCUT2D eigenvalue weighted by Gasteiger charge is 2.21. The molecule has 0 radical (unpaired) electrons. The molecule has 0 fully saturated rings. The van der Waals surface area contributed by atoms with Crippen molar-refractivity contribution in [1.29, 1.82) is 0 Å². The van der Waals surface area contributed by atoms with Gasteiger partial charge in [-0.05, 0) is 19.1 Å². The smallest absolute Gasteiger partial charge is 0.281 e. The molecule has 9 heteroatoms. The number of nitro benzene ring substituents is 2. The standard InChI is InChI=1S/C19H17N5O4/c1-12-17(10-13(23(25)26)11-19(12)24(27)28)21-20-16-8-9-18(22(2)3)15-7-5-4-6-14(15)16/h4-11H,1-3H3. The fourth-order valence-corrected chi connectivity index (χ4v) is 2.92. The van der Waals surface area contributed by atoms with Crippen LogP contribution in [0.4, 0.5) is 28.4 Å². The number of anilines is 1. The maximum Gasteiger partial charge on any atom is 0.281 e. The molecule has 0 N–H and O–H groups in total. The molecule has 0 aliphatic heterocycles. The van der Waals surface area contributed by atoms with Gasteiger partial charge in [0, 0.05) is 36.6 Å². The molecule has 0 saturated carbocycles. The summed E-state index contributed by atoms with van der Waals surface area (Å²) >= 11 is 0. The zero-order chi connectivity index (χ0) is 20.4. The molecule has 0 saturated heterocycles. The lowest BCUT2D eigenvalue weighted by molar-refractivity contribution is -0.394. The number of non-ortho nitro benzene ring substituents is 1. The maximum absolute atomic E-state index is 11.2. The monoisotopic (exact) mass is 379 g/mol. The second-order valence-electron chi connectivity index (χ2n) is 6.37. The molecule has 0 aromatic heterocycles. The Morgan fingerprint density at radius 1 is 0.857 bits per heavy atom. The summed E-state index contributed by atoms with van der Waals surface area (Å²) < 4.78 is 0. The van der Waals surface area contributed by atoms with Crippen LogP contribution in [-0.2, 0) is 0 Å². The molecular formula is C19H17N5O4. The normalized spacial score (nSPS) is 11.1. The van der Waals surface area contributed by atoms with Crippen LogP contribution < -0.4 is 4.90 Å². The van der Waals surface area contributed by atoms with Gasteiger partial charge in [-0.25, -0.2) is 0 Å². The molecule has 0 aliphatic carbocycles. The molecule has 0 bridgehead atoms. The van der Waals surface area contributed by atoms with Gasteiger partial charge in [0.15, 0.2) is 0 Å². The van der Waals surface area contributed by atoms with E-state index in [1.165, 1.54) is 13.0 Å². The first kappa shape index (κ1) is 18.9. The summed E-state index contributed by atoms with van der Waals surface area (Å²) in [5.74, 6) is 0. The number of azo groups is 1. The van der Waals surface area contributed by atoms with Crippen LogP contribution in [-0.4, -0.2) is 23.9 Å². The molecule has 0 amide bonds. The van der Waals surface area contributed by atoms with Crippen molar-refractivity contribution in [3.8, 4) is 0 Å². The lowest BCUT2D eigenvalue weighted by Gasteiger charge is -2.16. The van der Waals surface area contributed by atoms with Crippen molar-refractivity contribution in [2.45, 2.75) is 6.92 Å². The summed E-state index contributed by atoms with van der Waals surface area (Å²) in [6, 6.07) is 13.5. The average molecular weight is 379 g/mol. The third-order valence-electron chi connectivity index (χ3n) is 4.37. The Morgan fingerprint density at radius 3 is 2.11 bits per heavy atom. The Hall–Kier alpha value is -3.88. The Balaban J connectivity index is 2.14. The van der Waals surface area contributed by atoms with Crippen molar-refractivity contribution in [3.63, 3.8) is 0 Å². The van der Waals surface area contributed by atoms with E-state index < -0.39 is 15.5 Å². The second-order valence-corrected chi connectivity index (χ2v) is 6.37. The van der Waals surface area contributed by atoms with Crippen LogP contribution in [0.2, 0.25) is 0 Å². The number of fused-ring (bicyclic) bond motifs is 1. The largest absolute Gasteiger partial charge is 0.377 e. The van der Waals surface area contributed by atoms with E-state index >= 15 is 0 Å². The van der Waals surface area contributed by atoms with E-state index in [-0.39, 0.29) is 16.9 Å². The van der Waals surface area contributed by atoms with Crippen LogP contribution in [0.1, 0.15) is 5.56 Å². The van der Waals surface area contributed by atoms with Crippen LogP contribution in [0.5, 0.6) is 0 Å². The summed E-state index contributed by atoms with van der Waals surface area (Å²) in [4.78, 5) is 22.9. The Bertz CT molecular complexity index is 1120. The van der Waals surface area contributed by atoms with Crippen molar-refractivity contribution in [2.24, 2.45) is 10.2 Å². The van der Waals surface area contributed by atoms with E-state index in [2.05, 4.69) is 10.2 Å². The van der Waals surface area contributed by atoms with E-state index in [9.17, 15) is 20.2 Å². The number of nitro groups is 2. The highest BCUT2D eigenvalue weighted by molar-refractivity contribution is 6.01. The summed E-state index contributed by atoms with van der Waals surface area (Å²) in [5, 5.41) is 32.5. The number of hydrogen-bond acceptors (Lipinski definition) is 7. The van der Waals surface area contributed by atoms with E-state index in [4.69, 9.17) is 0 Å². The molecule has 0 spiro atoms. The molecule has 3 aromatic carbocycles. The molecule has 9 nitrogen and oxygen atoms in total. The van der Waals surface area contributed by atoms with Gasteiger partial charge < -0.3 is 4.90 Å².